The van der Waals surface area contributed by atoms with Gasteiger partial charge in [0.15, 0.2) is 0 Å². The lowest BCUT2D eigenvalue weighted by Gasteiger charge is -2.38. The van der Waals surface area contributed by atoms with Crippen LogP contribution in [-0.2, 0) is 5.41 Å². The van der Waals surface area contributed by atoms with E-state index >= 15 is 0 Å². The molecule has 1 atom stereocenters. The van der Waals surface area contributed by atoms with Gasteiger partial charge in [-0.15, -0.1) is 0 Å². The maximum absolute atomic E-state index is 14.1. The van der Waals surface area contributed by atoms with Gasteiger partial charge >= 0.3 is 0 Å². The Labute approximate surface area is 120 Å². The Kier molecular flexibility index (Phi) is 4.56. The van der Waals surface area contributed by atoms with E-state index in [1.165, 1.54) is 11.6 Å². The predicted molar refractivity (Wildman–Crippen MR) is 82.0 cm³/mol. The summed E-state index contributed by atoms with van der Waals surface area (Å²) < 4.78 is 14.1. The van der Waals surface area contributed by atoms with Crippen LogP contribution >= 0.6 is 0 Å². The Hall–Kier alpha value is -1.67. The second-order valence-corrected chi connectivity index (χ2v) is 5.23. The fourth-order valence-corrected chi connectivity index (χ4v) is 3.07. The molecule has 1 nitrogen and oxygen atoms in total. The maximum atomic E-state index is 14.1. The minimum absolute atomic E-state index is 0.220. The minimum atomic E-state index is -0.346. The quantitative estimate of drug-likeness (QED) is 0.846. The summed E-state index contributed by atoms with van der Waals surface area (Å²) in [5.41, 5.74) is 8.03. The summed E-state index contributed by atoms with van der Waals surface area (Å²) >= 11 is 0. The van der Waals surface area contributed by atoms with E-state index in [9.17, 15) is 4.39 Å². The molecule has 0 saturated carbocycles. The van der Waals surface area contributed by atoms with Gasteiger partial charge in [0, 0.05) is 17.0 Å². The van der Waals surface area contributed by atoms with Crippen LogP contribution in [0.1, 0.15) is 43.9 Å². The highest BCUT2D eigenvalue weighted by atomic mass is 19.1. The smallest absolute Gasteiger partial charge is 0.128 e. The van der Waals surface area contributed by atoms with E-state index in [1.54, 1.807) is 12.1 Å². The first-order valence-corrected chi connectivity index (χ1v) is 7.21. The number of hydrogen-bond donors (Lipinski definition) is 1. The molecule has 0 aromatic heterocycles. The highest BCUT2D eigenvalue weighted by Crippen LogP contribution is 2.42. The van der Waals surface area contributed by atoms with E-state index in [1.807, 2.05) is 24.3 Å². The van der Waals surface area contributed by atoms with E-state index in [2.05, 4.69) is 26.0 Å². The Balaban J connectivity index is 2.51. The van der Waals surface area contributed by atoms with E-state index in [4.69, 9.17) is 5.73 Å². The van der Waals surface area contributed by atoms with Crippen LogP contribution < -0.4 is 5.73 Å². The number of benzene rings is 2. The molecule has 2 aromatic carbocycles. The molecule has 2 N–H and O–H groups in total. The molecule has 0 heterocycles. The molecular formula is C18H22FN. The average molecular weight is 271 g/mol. The normalized spacial score (nSPS) is 13.2. The Morgan fingerprint density at radius 1 is 0.950 bits per heavy atom. The Morgan fingerprint density at radius 2 is 1.50 bits per heavy atom. The van der Waals surface area contributed by atoms with Crippen molar-refractivity contribution in [3.63, 3.8) is 0 Å². The van der Waals surface area contributed by atoms with Gasteiger partial charge in [-0.1, -0.05) is 62.4 Å². The van der Waals surface area contributed by atoms with Crippen LogP contribution in [0.2, 0.25) is 0 Å². The highest BCUT2D eigenvalue weighted by Gasteiger charge is 2.37. The lowest BCUT2D eigenvalue weighted by atomic mass is 9.68. The topological polar surface area (TPSA) is 26.0 Å². The summed E-state index contributed by atoms with van der Waals surface area (Å²) in [6, 6.07) is 16.7. The SMILES string of the molecule is CCC(CC)(c1ccccc1)C(N)c1ccccc1F. The zero-order chi connectivity index (χ0) is 14.6. The first kappa shape index (κ1) is 14.7. The summed E-state index contributed by atoms with van der Waals surface area (Å²) in [5.74, 6) is -0.220. The molecule has 0 radical (unpaired) electrons. The summed E-state index contributed by atoms with van der Waals surface area (Å²) in [6.45, 7) is 4.24. The van der Waals surface area contributed by atoms with Crippen molar-refractivity contribution >= 4 is 0 Å². The molecule has 20 heavy (non-hydrogen) atoms. The van der Waals surface area contributed by atoms with Gasteiger partial charge in [0.1, 0.15) is 5.82 Å². The van der Waals surface area contributed by atoms with Crippen molar-refractivity contribution in [3.05, 3.63) is 71.5 Å². The third-order valence-corrected chi connectivity index (χ3v) is 4.45. The van der Waals surface area contributed by atoms with Crippen molar-refractivity contribution in [2.75, 3.05) is 0 Å². The molecule has 0 spiro atoms. The molecule has 0 amide bonds. The van der Waals surface area contributed by atoms with Gasteiger partial charge in [-0.2, -0.15) is 0 Å². The van der Waals surface area contributed by atoms with Gasteiger partial charge in [-0.25, -0.2) is 4.39 Å². The fourth-order valence-electron chi connectivity index (χ4n) is 3.07. The third-order valence-electron chi connectivity index (χ3n) is 4.45. The van der Waals surface area contributed by atoms with Crippen LogP contribution in [-0.4, -0.2) is 0 Å². The van der Waals surface area contributed by atoms with Crippen molar-refractivity contribution in [2.45, 2.75) is 38.1 Å². The van der Waals surface area contributed by atoms with Gasteiger partial charge in [0.25, 0.3) is 0 Å². The van der Waals surface area contributed by atoms with Gasteiger partial charge in [0.05, 0.1) is 0 Å². The first-order valence-electron chi connectivity index (χ1n) is 7.21. The third kappa shape index (κ3) is 2.48. The molecule has 0 aliphatic carbocycles. The minimum Gasteiger partial charge on any atom is -0.323 e. The molecule has 0 bridgehead atoms. The zero-order valence-corrected chi connectivity index (χ0v) is 12.1. The summed E-state index contributed by atoms with van der Waals surface area (Å²) in [4.78, 5) is 0. The van der Waals surface area contributed by atoms with Gasteiger partial charge in [0.2, 0.25) is 0 Å². The molecule has 2 heteroatoms. The monoisotopic (exact) mass is 271 g/mol. The van der Waals surface area contributed by atoms with Crippen molar-refractivity contribution in [1.82, 2.24) is 0 Å². The van der Waals surface area contributed by atoms with E-state index in [0.29, 0.717) is 5.56 Å². The molecule has 0 fully saturated rings. The molecule has 0 aliphatic rings. The second kappa shape index (κ2) is 6.19. The van der Waals surface area contributed by atoms with Crippen LogP contribution in [0.4, 0.5) is 4.39 Å². The van der Waals surface area contributed by atoms with Gasteiger partial charge in [-0.3, -0.25) is 0 Å². The fraction of sp³-hybridized carbons (Fsp3) is 0.333. The first-order chi connectivity index (χ1) is 9.65. The number of halogens is 1. The van der Waals surface area contributed by atoms with Crippen LogP contribution in [0.5, 0.6) is 0 Å². The lowest BCUT2D eigenvalue weighted by Crippen LogP contribution is -2.38. The standard InChI is InChI=1S/C18H22FN/c1-3-18(4-2,14-10-6-5-7-11-14)17(20)15-12-8-9-13-16(15)19/h5-13,17H,3-4,20H2,1-2H3. The molecule has 2 rings (SSSR count). The zero-order valence-electron chi connectivity index (χ0n) is 12.1. The van der Waals surface area contributed by atoms with Gasteiger partial charge in [-0.05, 0) is 24.5 Å². The van der Waals surface area contributed by atoms with Crippen LogP contribution in [0.3, 0.4) is 0 Å². The molecule has 2 aromatic rings. The predicted octanol–water partition coefficient (Wildman–Crippen LogP) is 4.58. The van der Waals surface area contributed by atoms with Crippen LogP contribution in [0, 0.1) is 5.82 Å². The highest BCUT2D eigenvalue weighted by molar-refractivity contribution is 5.33. The van der Waals surface area contributed by atoms with Crippen molar-refractivity contribution in [1.29, 1.82) is 0 Å². The molecule has 1 unspecified atom stereocenters. The van der Waals surface area contributed by atoms with Crippen LogP contribution in [0.25, 0.3) is 0 Å². The van der Waals surface area contributed by atoms with E-state index in [-0.39, 0.29) is 17.3 Å². The largest absolute Gasteiger partial charge is 0.323 e. The van der Waals surface area contributed by atoms with Crippen LogP contribution in [0.15, 0.2) is 54.6 Å². The average Bonchev–Trinajstić information content (AvgIpc) is 2.50. The number of nitrogens with two attached hydrogens (primary N) is 1. The molecular weight excluding hydrogens is 249 g/mol. The Bertz CT molecular complexity index is 546. The second-order valence-electron chi connectivity index (χ2n) is 5.23. The number of rotatable bonds is 5. The molecule has 0 aliphatic heterocycles. The van der Waals surface area contributed by atoms with Crippen molar-refractivity contribution in [3.8, 4) is 0 Å². The van der Waals surface area contributed by atoms with Crippen molar-refractivity contribution < 1.29 is 4.39 Å². The molecule has 0 saturated heterocycles. The lowest BCUT2D eigenvalue weighted by molar-refractivity contribution is 0.315. The molecule has 106 valence electrons. The summed E-state index contributed by atoms with van der Waals surface area (Å²) in [5, 5.41) is 0. The van der Waals surface area contributed by atoms with Crippen molar-refractivity contribution in [2.24, 2.45) is 5.73 Å². The Morgan fingerprint density at radius 3 is 2.05 bits per heavy atom. The van der Waals surface area contributed by atoms with Gasteiger partial charge < -0.3 is 5.73 Å². The maximum Gasteiger partial charge on any atom is 0.128 e. The van der Waals surface area contributed by atoms with E-state index in [0.717, 1.165) is 12.8 Å². The number of hydrogen-bond acceptors (Lipinski definition) is 1. The summed E-state index contributed by atoms with van der Waals surface area (Å²) in [6.07, 6.45) is 1.76. The summed E-state index contributed by atoms with van der Waals surface area (Å²) in [7, 11) is 0. The van der Waals surface area contributed by atoms with E-state index < -0.39 is 0 Å².